The van der Waals surface area contributed by atoms with Crippen LogP contribution in [-0.2, 0) is 0 Å². The molecule has 0 aliphatic heterocycles. The van der Waals surface area contributed by atoms with E-state index in [4.69, 9.17) is 9.47 Å². The second kappa shape index (κ2) is 7.22. The highest BCUT2D eigenvalue weighted by atomic mass is 32.2. The predicted octanol–water partition coefficient (Wildman–Crippen LogP) is 4.38. The molecule has 0 aliphatic carbocycles. The number of anilines is 1. The van der Waals surface area contributed by atoms with Gasteiger partial charge in [-0.05, 0) is 43.1 Å². The fourth-order valence-electron chi connectivity index (χ4n) is 1.91. The van der Waals surface area contributed by atoms with Gasteiger partial charge in [-0.2, -0.15) is 0 Å². The van der Waals surface area contributed by atoms with Crippen molar-refractivity contribution in [3.63, 3.8) is 0 Å². The number of methoxy groups -OCH3 is 2. The van der Waals surface area contributed by atoms with Gasteiger partial charge in [0.25, 0.3) is 0 Å². The maximum atomic E-state index is 13.8. The molecule has 0 aromatic heterocycles. The summed E-state index contributed by atoms with van der Waals surface area (Å²) in [5, 5.41) is 0. The average Bonchev–Trinajstić information content (AvgIpc) is 2.53. The van der Waals surface area contributed by atoms with E-state index in [2.05, 4.69) is 0 Å². The molecule has 0 bridgehead atoms. The third-order valence-corrected chi connectivity index (χ3v) is 4.19. The van der Waals surface area contributed by atoms with Gasteiger partial charge in [-0.25, -0.2) is 4.39 Å². The highest BCUT2D eigenvalue weighted by Crippen LogP contribution is 2.38. The number of nitrogens with zero attached hydrogens (tertiary/aromatic N) is 1. The van der Waals surface area contributed by atoms with Gasteiger partial charge < -0.3 is 13.8 Å². The molecule has 2 rings (SSSR count). The zero-order valence-corrected chi connectivity index (χ0v) is 13.1. The van der Waals surface area contributed by atoms with E-state index in [0.29, 0.717) is 11.4 Å². The van der Waals surface area contributed by atoms with Crippen molar-refractivity contribution in [3.05, 3.63) is 48.3 Å². The van der Waals surface area contributed by atoms with Gasteiger partial charge in [0.05, 0.1) is 24.8 Å². The standard InChI is InChI=1S/C16H18FNO2S/c1-4-18(21-16-8-6-5-7-13(16)17)14-11-12(19-2)9-10-15(14)20-3/h5-11H,4H2,1-3H3. The Morgan fingerprint density at radius 1 is 1.10 bits per heavy atom. The van der Waals surface area contributed by atoms with E-state index in [1.165, 1.54) is 18.0 Å². The van der Waals surface area contributed by atoms with Crippen molar-refractivity contribution in [1.29, 1.82) is 0 Å². The topological polar surface area (TPSA) is 21.7 Å². The smallest absolute Gasteiger partial charge is 0.143 e. The molecule has 21 heavy (non-hydrogen) atoms. The van der Waals surface area contributed by atoms with Crippen LogP contribution in [0, 0.1) is 5.82 Å². The van der Waals surface area contributed by atoms with Crippen molar-refractivity contribution < 1.29 is 13.9 Å². The largest absolute Gasteiger partial charge is 0.497 e. The quantitative estimate of drug-likeness (QED) is 0.738. The van der Waals surface area contributed by atoms with Crippen LogP contribution in [0.3, 0.4) is 0 Å². The first-order valence-electron chi connectivity index (χ1n) is 6.61. The fourth-order valence-corrected chi connectivity index (χ4v) is 2.82. The minimum atomic E-state index is -0.234. The van der Waals surface area contributed by atoms with Crippen molar-refractivity contribution in [2.24, 2.45) is 0 Å². The molecule has 0 unspecified atom stereocenters. The first-order chi connectivity index (χ1) is 10.2. The van der Waals surface area contributed by atoms with E-state index in [-0.39, 0.29) is 5.82 Å². The number of ether oxygens (including phenoxy) is 2. The van der Waals surface area contributed by atoms with Gasteiger partial charge in [-0.1, -0.05) is 12.1 Å². The van der Waals surface area contributed by atoms with Crippen LogP contribution in [0.5, 0.6) is 11.5 Å². The lowest BCUT2D eigenvalue weighted by molar-refractivity contribution is 0.404. The van der Waals surface area contributed by atoms with Crippen LogP contribution in [-0.4, -0.2) is 20.8 Å². The van der Waals surface area contributed by atoms with E-state index in [1.54, 1.807) is 26.4 Å². The Balaban J connectivity index is 2.34. The van der Waals surface area contributed by atoms with Crippen LogP contribution in [0.4, 0.5) is 10.1 Å². The Labute approximate surface area is 128 Å². The Bertz CT molecular complexity index is 607. The molecule has 0 N–H and O–H groups in total. The van der Waals surface area contributed by atoms with Crippen molar-refractivity contribution >= 4 is 17.6 Å². The Kier molecular flexibility index (Phi) is 5.33. The van der Waals surface area contributed by atoms with Crippen LogP contribution in [0.25, 0.3) is 0 Å². The van der Waals surface area contributed by atoms with Gasteiger partial charge >= 0.3 is 0 Å². The molecule has 3 nitrogen and oxygen atoms in total. The normalized spacial score (nSPS) is 10.3. The maximum absolute atomic E-state index is 13.8. The maximum Gasteiger partial charge on any atom is 0.143 e. The van der Waals surface area contributed by atoms with Gasteiger partial charge in [0.2, 0.25) is 0 Å². The Hall–Kier alpha value is -1.88. The van der Waals surface area contributed by atoms with Gasteiger partial charge in [-0.15, -0.1) is 0 Å². The van der Waals surface area contributed by atoms with E-state index in [1.807, 2.05) is 35.5 Å². The summed E-state index contributed by atoms with van der Waals surface area (Å²) in [5.41, 5.74) is 0.854. The molecular weight excluding hydrogens is 289 g/mol. The van der Waals surface area contributed by atoms with Gasteiger partial charge in [0.15, 0.2) is 0 Å². The number of halogens is 1. The van der Waals surface area contributed by atoms with Gasteiger partial charge in [0.1, 0.15) is 17.3 Å². The first-order valence-corrected chi connectivity index (χ1v) is 7.39. The molecule has 0 fully saturated rings. The summed E-state index contributed by atoms with van der Waals surface area (Å²) >= 11 is 1.34. The van der Waals surface area contributed by atoms with Crippen molar-refractivity contribution in [3.8, 4) is 11.5 Å². The van der Waals surface area contributed by atoms with Crippen LogP contribution < -0.4 is 13.8 Å². The monoisotopic (exact) mass is 307 g/mol. The predicted molar refractivity (Wildman–Crippen MR) is 84.8 cm³/mol. The number of rotatable bonds is 6. The lowest BCUT2D eigenvalue weighted by Gasteiger charge is -2.24. The van der Waals surface area contributed by atoms with Crippen molar-refractivity contribution in [2.75, 3.05) is 25.1 Å². The van der Waals surface area contributed by atoms with Crippen LogP contribution >= 0.6 is 11.9 Å². The Morgan fingerprint density at radius 2 is 1.86 bits per heavy atom. The molecule has 2 aromatic rings. The lowest BCUT2D eigenvalue weighted by atomic mass is 10.2. The number of benzene rings is 2. The molecule has 0 saturated heterocycles. The van der Waals surface area contributed by atoms with E-state index in [0.717, 1.165) is 17.2 Å². The summed E-state index contributed by atoms with van der Waals surface area (Å²) in [4.78, 5) is 0.573. The molecule has 112 valence electrons. The summed E-state index contributed by atoms with van der Waals surface area (Å²) in [7, 11) is 3.23. The zero-order valence-electron chi connectivity index (χ0n) is 12.3. The number of hydrogen-bond donors (Lipinski definition) is 0. The van der Waals surface area contributed by atoms with Crippen LogP contribution in [0.1, 0.15) is 6.92 Å². The molecule has 0 spiro atoms. The molecule has 0 radical (unpaired) electrons. The molecule has 0 atom stereocenters. The molecular formula is C16H18FNO2S. The summed E-state index contributed by atoms with van der Waals surface area (Å²) in [5.74, 6) is 1.22. The summed E-state index contributed by atoms with van der Waals surface area (Å²) < 4.78 is 26.4. The van der Waals surface area contributed by atoms with E-state index in [9.17, 15) is 4.39 Å². The first kappa shape index (κ1) is 15.5. The van der Waals surface area contributed by atoms with Crippen LogP contribution in [0.15, 0.2) is 47.4 Å². The fraction of sp³-hybridized carbons (Fsp3) is 0.250. The minimum absolute atomic E-state index is 0.234. The van der Waals surface area contributed by atoms with Gasteiger partial charge in [-0.3, -0.25) is 0 Å². The Morgan fingerprint density at radius 3 is 2.48 bits per heavy atom. The second-order valence-corrected chi connectivity index (χ2v) is 5.32. The second-order valence-electron chi connectivity index (χ2n) is 4.25. The van der Waals surface area contributed by atoms with Crippen molar-refractivity contribution in [2.45, 2.75) is 11.8 Å². The van der Waals surface area contributed by atoms with Gasteiger partial charge in [0, 0.05) is 12.6 Å². The zero-order chi connectivity index (χ0) is 15.2. The van der Waals surface area contributed by atoms with E-state index >= 15 is 0 Å². The molecule has 0 heterocycles. The van der Waals surface area contributed by atoms with Crippen LogP contribution in [0.2, 0.25) is 0 Å². The molecule has 5 heteroatoms. The summed E-state index contributed by atoms with van der Waals surface area (Å²) in [6.07, 6.45) is 0. The molecule has 0 aliphatic rings. The summed E-state index contributed by atoms with van der Waals surface area (Å²) in [6, 6.07) is 12.3. The highest BCUT2D eigenvalue weighted by molar-refractivity contribution is 8.00. The van der Waals surface area contributed by atoms with E-state index < -0.39 is 0 Å². The molecule has 0 saturated carbocycles. The molecule has 0 amide bonds. The third-order valence-electron chi connectivity index (χ3n) is 2.99. The average molecular weight is 307 g/mol. The minimum Gasteiger partial charge on any atom is -0.497 e. The third kappa shape index (κ3) is 3.61. The summed E-state index contributed by atoms with van der Waals surface area (Å²) in [6.45, 7) is 2.70. The number of hydrogen-bond acceptors (Lipinski definition) is 4. The highest BCUT2D eigenvalue weighted by Gasteiger charge is 2.15. The lowest BCUT2D eigenvalue weighted by Crippen LogP contribution is -2.14. The van der Waals surface area contributed by atoms with Crippen molar-refractivity contribution in [1.82, 2.24) is 0 Å². The molecule has 2 aromatic carbocycles. The SMILES string of the molecule is CCN(Sc1ccccc1F)c1cc(OC)ccc1OC.